The van der Waals surface area contributed by atoms with Crippen LogP contribution in [0.15, 0.2) is 27.8 Å². The molecule has 3 rings (SSSR count). The molecule has 7 nitrogen and oxygen atoms in total. The molecule has 1 N–H and O–H groups in total. The standard InChI is InChI=1S/C15H16N4O3S2/c1-8(2)13-18-19-15(22-13)23-7-12(20)17-14-16-10-5-4-9(21-3)6-11(10)24-14/h4-6,8H,7H2,1-3H3,(H,16,17,20). The van der Waals surface area contributed by atoms with Crippen LogP contribution in [-0.4, -0.2) is 34.0 Å². The molecule has 0 spiro atoms. The van der Waals surface area contributed by atoms with E-state index >= 15 is 0 Å². The molecule has 2 heterocycles. The highest BCUT2D eigenvalue weighted by Crippen LogP contribution is 2.29. The van der Waals surface area contributed by atoms with Crippen LogP contribution >= 0.6 is 23.1 Å². The summed E-state index contributed by atoms with van der Waals surface area (Å²) in [6, 6.07) is 5.59. The Morgan fingerprint density at radius 1 is 1.42 bits per heavy atom. The third kappa shape index (κ3) is 3.85. The highest BCUT2D eigenvalue weighted by atomic mass is 32.2. The third-order valence-electron chi connectivity index (χ3n) is 3.08. The van der Waals surface area contributed by atoms with Crippen molar-refractivity contribution in [3.8, 4) is 5.75 Å². The minimum atomic E-state index is -0.171. The van der Waals surface area contributed by atoms with Crippen molar-refractivity contribution in [2.75, 3.05) is 18.2 Å². The van der Waals surface area contributed by atoms with E-state index in [9.17, 15) is 4.79 Å². The van der Waals surface area contributed by atoms with Gasteiger partial charge in [-0.05, 0) is 18.2 Å². The number of hydrogen-bond acceptors (Lipinski definition) is 8. The van der Waals surface area contributed by atoms with Crippen LogP contribution in [0.4, 0.5) is 5.13 Å². The fourth-order valence-electron chi connectivity index (χ4n) is 1.88. The number of aromatic nitrogens is 3. The topological polar surface area (TPSA) is 90.1 Å². The molecule has 0 aliphatic rings. The SMILES string of the molecule is COc1ccc2nc(NC(=O)CSc3nnc(C(C)C)o3)sc2c1. The molecule has 2 aromatic heterocycles. The number of amides is 1. The smallest absolute Gasteiger partial charge is 0.277 e. The van der Waals surface area contributed by atoms with E-state index in [0.717, 1.165) is 16.0 Å². The predicted molar refractivity (Wildman–Crippen MR) is 93.9 cm³/mol. The summed E-state index contributed by atoms with van der Waals surface area (Å²) in [5.74, 6) is 1.50. The lowest BCUT2D eigenvalue weighted by Crippen LogP contribution is -2.13. The van der Waals surface area contributed by atoms with Crippen LogP contribution in [0.5, 0.6) is 5.75 Å². The number of nitrogens with one attached hydrogen (secondary N) is 1. The van der Waals surface area contributed by atoms with E-state index in [1.165, 1.54) is 23.1 Å². The lowest BCUT2D eigenvalue weighted by Gasteiger charge is -1.98. The molecule has 126 valence electrons. The molecule has 0 fully saturated rings. The van der Waals surface area contributed by atoms with Crippen molar-refractivity contribution in [2.24, 2.45) is 0 Å². The fraction of sp³-hybridized carbons (Fsp3) is 0.333. The quantitative estimate of drug-likeness (QED) is 0.669. The minimum absolute atomic E-state index is 0.167. The first-order chi connectivity index (χ1) is 11.5. The average molecular weight is 364 g/mol. The summed E-state index contributed by atoms with van der Waals surface area (Å²) in [5, 5.41) is 11.6. The van der Waals surface area contributed by atoms with Crippen LogP contribution in [-0.2, 0) is 4.79 Å². The number of ether oxygens (including phenoxy) is 1. The number of rotatable bonds is 6. The van der Waals surface area contributed by atoms with Gasteiger partial charge in [-0.25, -0.2) is 4.98 Å². The van der Waals surface area contributed by atoms with Crippen LogP contribution in [0.3, 0.4) is 0 Å². The maximum absolute atomic E-state index is 12.0. The zero-order chi connectivity index (χ0) is 17.1. The van der Waals surface area contributed by atoms with Gasteiger partial charge < -0.3 is 14.5 Å². The monoisotopic (exact) mass is 364 g/mol. The number of benzene rings is 1. The van der Waals surface area contributed by atoms with Gasteiger partial charge in [0.25, 0.3) is 5.22 Å². The molecule has 0 radical (unpaired) electrons. The lowest BCUT2D eigenvalue weighted by atomic mass is 10.2. The van der Waals surface area contributed by atoms with E-state index in [-0.39, 0.29) is 17.6 Å². The number of hydrogen-bond donors (Lipinski definition) is 1. The van der Waals surface area contributed by atoms with Gasteiger partial charge in [-0.3, -0.25) is 4.79 Å². The van der Waals surface area contributed by atoms with Crippen LogP contribution in [0, 0.1) is 0 Å². The summed E-state index contributed by atoms with van der Waals surface area (Å²) in [6.07, 6.45) is 0. The Morgan fingerprint density at radius 3 is 2.96 bits per heavy atom. The van der Waals surface area contributed by atoms with E-state index in [2.05, 4.69) is 20.5 Å². The van der Waals surface area contributed by atoms with E-state index in [1.54, 1.807) is 7.11 Å². The molecule has 0 unspecified atom stereocenters. The van der Waals surface area contributed by atoms with Gasteiger partial charge in [0.15, 0.2) is 5.13 Å². The Kier molecular flexibility index (Phi) is 5.00. The molecule has 1 amide bonds. The van der Waals surface area contributed by atoms with Crippen LogP contribution in [0.1, 0.15) is 25.7 Å². The molecule has 0 atom stereocenters. The Hall–Kier alpha value is -2.13. The van der Waals surface area contributed by atoms with Gasteiger partial charge in [-0.15, -0.1) is 10.2 Å². The summed E-state index contributed by atoms with van der Waals surface area (Å²) < 4.78 is 11.6. The summed E-state index contributed by atoms with van der Waals surface area (Å²) in [7, 11) is 1.62. The van der Waals surface area contributed by atoms with E-state index in [1.807, 2.05) is 32.0 Å². The number of carbonyl (C=O) groups is 1. The van der Waals surface area contributed by atoms with Crippen LogP contribution < -0.4 is 10.1 Å². The van der Waals surface area contributed by atoms with Gasteiger partial charge in [-0.2, -0.15) is 0 Å². The minimum Gasteiger partial charge on any atom is -0.497 e. The highest BCUT2D eigenvalue weighted by Gasteiger charge is 2.13. The number of anilines is 1. The molecule has 9 heteroatoms. The molecule has 0 bridgehead atoms. The van der Waals surface area contributed by atoms with Gasteiger partial charge in [-0.1, -0.05) is 36.9 Å². The molecule has 1 aromatic carbocycles. The summed E-state index contributed by atoms with van der Waals surface area (Å²) in [5.41, 5.74) is 0.822. The van der Waals surface area contributed by atoms with Crippen molar-refractivity contribution in [3.63, 3.8) is 0 Å². The second-order valence-electron chi connectivity index (χ2n) is 5.25. The van der Waals surface area contributed by atoms with E-state index in [4.69, 9.17) is 9.15 Å². The lowest BCUT2D eigenvalue weighted by molar-refractivity contribution is -0.113. The van der Waals surface area contributed by atoms with Gasteiger partial charge in [0.2, 0.25) is 11.8 Å². The van der Waals surface area contributed by atoms with Crippen LogP contribution in [0.25, 0.3) is 10.2 Å². The second-order valence-corrected chi connectivity index (χ2v) is 7.21. The first-order valence-corrected chi connectivity index (χ1v) is 9.06. The number of methoxy groups -OCH3 is 1. The van der Waals surface area contributed by atoms with Gasteiger partial charge in [0, 0.05) is 5.92 Å². The molecule has 24 heavy (non-hydrogen) atoms. The second kappa shape index (κ2) is 7.18. The zero-order valence-electron chi connectivity index (χ0n) is 13.4. The largest absolute Gasteiger partial charge is 0.497 e. The molecular formula is C15H16N4O3S2. The number of fused-ring (bicyclic) bond motifs is 1. The Labute approximate surface area is 146 Å². The van der Waals surface area contributed by atoms with Crippen molar-refractivity contribution in [2.45, 2.75) is 25.0 Å². The zero-order valence-corrected chi connectivity index (χ0v) is 15.0. The Balaban J connectivity index is 1.59. The van der Waals surface area contributed by atoms with E-state index < -0.39 is 0 Å². The van der Waals surface area contributed by atoms with Crippen molar-refractivity contribution >= 4 is 44.4 Å². The number of nitrogens with zero attached hydrogens (tertiary/aromatic N) is 3. The van der Waals surface area contributed by atoms with Crippen molar-refractivity contribution in [3.05, 3.63) is 24.1 Å². The first kappa shape index (κ1) is 16.7. The fourth-order valence-corrected chi connectivity index (χ4v) is 3.36. The third-order valence-corrected chi connectivity index (χ3v) is 4.84. The highest BCUT2D eigenvalue weighted by molar-refractivity contribution is 7.99. The van der Waals surface area contributed by atoms with Crippen molar-refractivity contribution in [1.29, 1.82) is 0 Å². The van der Waals surface area contributed by atoms with Gasteiger partial charge in [0.05, 0.1) is 23.1 Å². The van der Waals surface area contributed by atoms with Crippen molar-refractivity contribution < 1.29 is 13.9 Å². The summed E-state index contributed by atoms with van der Waals surface area (Å²) >= 11 is 2.60. The molecular weight excluding hydrogens is 348 g/mol. The van der Waals surface area contributed by atoms with E-state index in [0.29, 0.717) is 16.2 Å². The Bertz CT molecular complexity index is 859. The number of carbonyl (C=O) groups excluding carboxylic acids is 1. The molecule has 0 saturated carbocycles. The van der Waals surface area contributed by atoms with Gasteiger partial charge >= 0.3 is 0 Å². The maximum Gasteiger partial charge on any atom is 0.277 e. The normalized spacial score (nSPS) is 11.2. The Morgan fingerprint density at radius 2 is 2.25 bits per heavy atom. The maximum atomic E-state index is 12.0. The summed E-state index contributed by atoms with van der Waals surface area (Å²) in [6.45, 7) is 3.94. The first-order valence-electron chi connectivity index (χ1n) is 7.26. The van der Waals surface area contributed by atoms with Crippen molar-refractivity contribution in [1.82, 2.24) is 15.2 Å². The molecule has 0 aliphatic heterocycles. The predicted octanol–water partition coefficient (Wildman–Crippen LogP) is 3.54. The van der Waals surface area contributed by atoms with Crippen LogP contribution in [0.2, 0.25) is 0 Å². The molecule has 0 aliphatic carbocycles. The summed E-state index contributed by atoms with van der Waals surface area (Å²) in [4.78, 5) is 16.4. The van der Waals surface area contributed by atoms with Gasteiger partial charge in [0.1, 0.15) is 5.75 Å². The molecule has 3 aromatic rings. The number of thioether (sulfide) groups is 1. The molecule has 0 saturated heterocycles. The number of thiazole rings is 1. The average Bonchev–Trinajstić information content (AvgIpc) is 3.18.